The summed E-state index contributed by atoms with van der Waals surface area (Å²) in [6.45, 7) is 0. The van der Waals surface area contributed by atoms with E-state index < -0.39 is 15.8 Å². The Hall–Kier alpha value is -4.09. The van der Waals surface area contributed by atoms with E-state index in [1.54, 1.807) is 24.4 Å². The van der Waals surface area contributed by atoms with E-state index >= 15 is 0 Å². The number of benzene rings is 3. The van der Waals surface area contributed by atoms with Crippen LogP contribution in [0.3, 0.4) is 0 Å². The third-order valence-electron chi connectivity index (χ3n) is 6.03. The Morgan fingerprint density at radius 3 is 2.54 bits per heavy atom. The minimum Gasteiger partial charge on any atom is -0.490 e. The number of aromatic amines is 1. The first-order chi connectivity index (χ1) is 16.9. The van der Waals surface area contributed by atoms with Crippen molar-refractivity contribution >= 4 is 26.7 Å². The number of sulfone groups is 1. The molecule has 0 unspecified atom stereocenters. The number of nitrogens with zero attached hydrogens (tertiary/aromatic N) is 1. The lowest BCUT2D eigenvalue weighted by Crippen LogP contribution is -2.30. The van der Waals surface area contributed by atoms with E-state index in [0.29, 0.717) is 29.7 Å². The average Bonchev–Trinajstić information content (AvgIpc) is 3.32. The van der Waals surface area contributed by atoms with Gasteiger partial charge in [-0.15, -0.1) is 0 Å². The lowest BCUT2D eigenvalue weighted by atomic mass is 9.93. The van der Waals surface area contributed by atoms with E-state index in [1.165, 1.54) is 0 Å². The molecule has 0 radical (unpaired) electrons. The van der Waals surface area contributed by atoms with Crippen LogP contribution >= 0.6 is 0 Å². The van der Waals surface area contributed by atoms with E-state index in [0.717, 1.165) is 22.0 Å². The Morgan fingerprint density at radius 1 is 1.03 bits per heavy atom. The van der Waals surface area contributed by atoms with E-state index in [9.17, 15) is 18.3 Å². The van der Waals surface area contributed by atoms with Crippen LogP contribution < -0.4 is 4.74 Å². The first kappa shape index (κ1) is 22.7. The highest BCUT2D eigenvalue weighted by Crippen LogP contribution is 2.30. The number of H-pyrrole nitrogens is 1. The predicted molar refractivity (Wildman–Crippen MR) is 133 cm³/mol. The molecule has 0 saturated carbocycles. The molecule has 35 heavy (non-hydrogen) atoms. The highest BCUT2D eigenvalue weighted by atomic mass is 32.2. The number of carboxylic acids is 1. The van der Waals surface area contributed by atoms with Crippen LogP contribution in [0.1, 0.15) is 34.3 Å². The van der Waals surface area contributed by atoms with Crippen molar-refractivity contribution in [3.8, 4) is 28.7 Å². The minimum atomic E-state index is -2.93. The van der Waals surface area contributed by atoms with Gasteiger partial charge in [0.1, 0.15) is 11.9 Å². The second-order valence-corrected chi connectivity index (χ2v) is 10.8. The van der Waals surface area contributed by atoms with Gasteiger partial charge < -0.3 is 9.84 Å². The summed E-state index contributed by atoms with van der Waals surface area (Å²) in [6, 6.07) is 18.0. The van der Waals surface area contributed by atoms with Gasteiger partial charge in [-0.3, -0.25) is 5.10 Å². The van der Waals surface area contributed by atoms with Gasteiger partial charge in [-0.1, -0.05) is 30.0 Å². The minimum absolute atomic E-state index is 0.107. The number of fused-ring (bicyclic) bond motifs is 1. The normalized spacial score (nSPS) is 15.3. The molecule has 1 aliphatic heterocycles. The number of hydrogen-bond donors (Lipinski definition) is 2. The Kier molecular flexibility index (Phi) is 6.01. The fraction of sp³-hybridized carbons (Fsp3) is 0.185. The number of aromatic nitrogens is 2. The summed E-state index contributed by atoms with van der Waals surface area (Å²) in [7, 11) is -2.93. The van der Waals surface area contributed by atoms with Crippen LogP contribution in [0.2, 0.25) is 0 Å². The number of hydrogen-bond acceptors (Lipinski definition) is 5. The van der Waals surface area contributed by atoms with Crippen molar-refractivity contribution in [1.29, 1.82) is 0 Å². The van der Waals surface area contributed by atoms with Gasteiger partial charge in [0.15, 0.2) is 9.84 Å². The van der Waals surface area contributed by atoms with Crippen molar-refractivity contribution in [2.45, 2.75) is 18.9 Å². The van der Waals surface area contributed by atoms with Crippen molar-refractivity contribution in [1.82, 2.24) is 10.2 Å². The molecular weight excluding hydrogens is 464 g/mol. The Labute approximate surface area is 202 Å². The van der Waals surface area contributed by atoms with Crippen molar-refractivity contribution in [3.05, 3.63) is 83.6 Å². The van der Waals surface area contributed by atoms with Crippen molar-refractivity contribution < 1.29 is 23.1 Å². The highest BCUT2D eigenvalue weighted by Gasteiger charge is 2.24. The summed E-state index contributed by atoms with van der Waals surface area (Å²) in [5.41, 5.74) is 3.63. The number of carbonyl (C=O) groups is 1. The third-order valence-corrected chi connectivity index (χ3v) is 7.74. The average molecular weight is 487 g/mol. The third kappa shape index (κ3) is 5.05. The van der Waals surface area contributed by atoms with Gasteiger partial charge in [-0.2, -0.15) is 5.10 Å². The molecule has 0 amide bonds. The van der Waals surface area contributed by atoms with E-state index in [2.05, 4.69) is 22.0 Å². The topological polar surface area (TPSA) is 109 Å². The summed E-state index contributed by atoms with van der Waals surface area (Å²) < 4.78 is 29.1. The second kappa shape index (κ2) is 9.28. The maximum Gasteiger partial charge on any atom is 0.336 e. The zero-order valence-corrected chi connectivity index (χ0v) is 19.5. The lowest BCUT2D eigenvalue weighted by Gasteiger charge is -2.23. The molecule has 2 heterocycles. The van der Waals surface area contributed by atoms with Crippen LogP contribution in [0.5, 0.6) is 5.75 Å². The summed E-state index contributed by atoms with van der Waals surface area (Å²) in [5.74, 6) is 6.20. The van der Waals surface area contributed by atoms with Gasteiger partial charge >= 0.3 is 5.97 Å². The molecule has 5 rings (SSSR count). The molecule has 1 saturated heterocycles. The van der Waals surface area contributed by atoms with Gasteiger partial charge in [-0.05, 0) is 60.9 Å². The van der Waals surface area contributed by atoms with Crippen LogP contribution in [0, 0.1) is 11.8 Å². The van der Waals surface area contributed by atoms with Gasteiger partial charge in [0.05, 0.1) is 28.8 Å². The molecule has 0 atom stereocenters. The van der Waals surface area contributed by atoms with Gasteiger partial charge in [0.2, 0.25) is 0 Å². The maximum absolute atomic E-state index is 12.0. The molecule has 0 aliphatic carbocycles. The predicted octanol–water partition coefficient (Wildman–Crippen LogP) is 4.28. The molecule has 7 nitrogen and oxygen atoms in total. The maximum atomic E-state index is 12.0. The zero-order valence-electron chi connectivity index (χ0n) is 18.7. The lowest BCUT2D eigenvalue weighted by molar-refractivity contribution is 0.0697. The van der Waals surface area contributed by atoms with E-state index in [1.807, 2.05) is 42.5 Å². The van der Waals surface area contributed by atoms with Crippen LogP contribution in [0.25, 0.3) is 22.0 Å². The van der Waals surface area contributed by atoms with Crippen LogP contribution in [0.15, 0.2) is 66.9 Å². The number of ether oxygens (including phenoxy) is 1. The zero-order chi connectivity index (χ0) is 24.4. The molecule has 3 aromatic carbocycles. The number of nitrogens with one attached hydrogen (secondary N) is 1. The highest BCUT2D eigenvalue weighted by molar-refractivity contribution is 7.91. The molecule has 176 valence electrons. The van der Waals surface area contributed by atoms with E-state index in [-0.39, 0.29) is 23.2 Å². The quantitative estimate of drug-likeness (QED) is 0.417. The Balaban J connectivity index is 1.41. The number of rotatable bonds is 4. The monoisotopic (exact) mass is 486 g/mol. The summed E-state index contributed by atoms with van der Waals surface area (Å²) in [5, 5.41) is 17.7. The first-order valence-corrected chi connectivity index (χ1v) is 13.0. The molecule has 1 fully saturated rings. The van der Waals surface area contributed by atoms with Gasteiger partial charge in [0, 0.05) is 22.1 Å². The fourth-order valence-corrected chi connectivity index (χ4v) is 5.62. The van der Waals surface area contributed by atoms with Crippen molar-refractivity contribution in [2.75, 3.05) is 11.5 Å². The summed E-state index contributed by atoms with van der Waals surface area (Å²) in [4.78, 5) is 12.0. The second-order valence-electron chi connectivity index (χ2n) is 8.45. The van der Waals surface area contributed by atoms with Crippen molar-refractivity contribution in [3.63, 3.8) is 0 Å². The summed E-state index contributed by atoms with van der Waals surface area (Å²) >= 11 is 0. The Morgan fingerprint density at radius 2 is 1.80 bits per heavy atom. The molecular formula is C27H22N2O5S. The fourth-order valence-electron chi connectivity index (χ4n) is 4.17. The standard InChI is InChI=1S/C27H22N2O5S/c30-27(31)24-3-1-2-19(26(24)20-8-9-21-17-28-29-25(21)16-20)7-4-18-5-10-22(11-6-18)34-23-12-14-35(32,33)15-13-23/h1-3,5-6,8-11,16-17,23H,12-15H2,(H,28,29)(H,30,31). The molecule has 1 aliphatic rings. The Bertz CT molecular complexity index is 1560. The van der Waals surface area contributed by atoms with Gasteiger partial charge in [0.25, 0.3) is 0 Å². The number of carboxylic acid groups (broad SMARTS) is 1. The van der Waals surface area contributed by atoms with Crippen LogP contribution in [0.4, 0.5) is 0 Å². The smallest absolute Gasteiger partial charge is 0.336 e. The first-order valence-electron chi connectivity index (χ1n) is 11.2. The van der Waals surface area contributed by atoms with Gasteiger partial charge in [-0.25, -0.2) is 13.2 Å². The molecule has 4 aromatic rings. The van der Waals surface area contributed by atoms with E-state index in [4.69, 9.17) is 4.74 Å². The van der Waals surface area contributed by atoms with Crippen molar-refractivity contribution in [2.24, 2.45) is 0 Å². The molecule has 1 aromatic heterocycles. The molecule has 0 bridgehead atoms. The molecule has 8 heteroatoms. The number of aromatic carboxylic acids is 1. The largest absolute Gasteiger partial charge is 0.490 e. The molecule has 0 spiro atoms. The van der Waals surface area contributed by atoms with Crippen LogP contribution in [-0.2, 0) is 9.84 Å². The summed E-state index contributed by atoms with van der Waals surface area (Å²) in [6.07, 6.45) is 2.60. The SMILES string of the molecule is O=C(O)c1cccc(C#Cc2ccc(OC3CCS(=O)(=O)CC3)cc2)c1-c1ccc2cn[nH]c2c1. The van der Waals surface area contributed by atoms with Crippen LogP contribution in [-0.4, -0.2) is 47.3 Å². The molecule has 2 N–H and O–H groups in total.